The summed E-state index contributed by atoms with van der Waals surface area (Å²) in [6, 6.07) is 3.24. The molecule has 2 rings (SSSR count). The van der Waals surface area contributed by atoms with Crippen LogP contribution in [0.4, 0.5) is 26.3 Å². The number of aryl methyl sites for hydroxylation is 2. The Labute approximate surface area is 143 Å². The van der Waals surface area contributed by atoms with E-state index in [1.54, 1.807) is 20.8 Å². The van der Waals surface area contributed by atoms with Gasteiger partial charge >= 0.3 is 12.4 Å². The maximum atomic E-state index is 14.0. The van der Waals surface area contributed by atoms with Gasteiger partial charge in [0, 0.05) is 0 Å². The van der Waals surface area contributed by atoms with Crippen LogP contribution in [0.15, 0.2) is 41.5 Å². The van der Waals surface area contributed by atoms with E-state index in [1.807, 2.05) is 0 Å². The van der Waals surface area contributed by atoms with Crippen molar-refractivity contribution in [1.82, 2.24) is 0 Å². The highest BCUT2D eigenvalue weighted by Gasteiger charge is 2.73. The van der Waals surface area contributed by atoms with E-state index in [4.69, 9.17) is 0 Å². The largest absolute Gasteiger partial charge is 0.411 e. The summed E-state index contributed by atoms with van der Waals surface area (Å²) in [7, 11) is 0. The van der Waals surface area contributed by atoms with Gasteiger partial charge in [0.05, 0.1) is 0 Å². The molecule has 25 heavy (non-hydrogen) atoms. The molecule has 0 bridgehead atoms. The molecule has 0 N–H and O–H groups in total. The Bertz CT molecular complexity index is 704. The summed E-state index contributed by atoms with van der Waals surface area (Å²) in [5, 5.41) is 0. The maximum Gasteiger partial charge on any atom is 0.411 e. The Morgan fingerprint density at radius 2 is 1.44 bits per heavy atom. The SMILES string of the molecule is CC1=CC(C(c2ccc(C)c(C)c2)(C(F)(F)F)C(F)(F)F)=CC[C@H]1C. The summed E-state index contributed by atoms with van der Waals surface area (Å²) in [4.78, 5) is 0. The Morgan fingerprint density at radius 3 is 1.88 bits per heavy atom. The molecule has 1 atom stereocenters. The number of alkyl halides is 6. The number of allylic oxidation sites excluding steroid dienone is 4. The van der Waals surface area contributed by atoms with Crippen LogP contribution >= 0.6 is 0 Å². The predicted molar refractivity (Wildman–Crippen MR) is 85.3 cm³/mol. The molecule has 0 aliphatic heterocycles. The van der Waals surface area contributed by atoms with Crippen molar-refractivity contribution in [2.45, 2.75) is 51.9 Å². The predicted octanol–water partition coefficient (Wildman–Crippen LogP) is 6.58. The molecule has 0 fully saturated rings. The van der Waals surface area contributed by atoms with E-state index in [0.717, 1.165) is 24.3 Å². The zero-order chi connectivity index (χ0) is 19.2. The monoisotopic (exact) mass is 362 g/mol. The van der Waals surface area contributed by atoms with Gasteiger partial charge in [0.25, 0.3) is 0 Å². The number of halogens is 6. The summed E-state index contributed by atoms with van der Waals surface area (Å²) < 4.78 is 84.0. The van der Waals surface area contributed by atoms with E-state index >= 15 is 0 Å². The first-order valence-electron chi connectivity index (χ1n) is 7.92. The topological polar surface area (TPSA) is 0 Å². The van der Waals surface area contributed by atoms with E-state index in [2.05, 4.69) is 0 Å². The van der Waals surface area contributed by atoms with Crippen molar-refractivity contribution < 1.29 is 26.3 Å². The van der Waals surface area contributed by atoms with Gasteiger partial charge in [-0.15, -0.1) is 0 Å². The first-order chi connectivity index (χ1) is 11.3. The zero-order valence-corrected chi connectivity index (χ0v) is 14.4. The molecule has 1 aliphatic carbocycles. The standard InChI is InChI=1S/C19H20F6/c1-11-5-7-15(9-13(11)3)17(18(20,21)22,19(23,24)25)16-8-6-12(2)14(4)10-16/h5,7-10,12H,6H2,1-4H3/t12-/m1/s1. The van der Waals surface area contributed by atoms with Crippen LogP contribution in [-0.2, 0) is 5.41 Å². The second-order valence-corrected chi connectivity index (χ2v) is 6.73. The fourth-order valence-corrected chi connectivity index (χ4v) is 3.15. The Hall–Kier alpha value is -1.72. The summed E-state index contributed by atoms with van der Waals surface area (Å²) >= 11 is 0. The van der Waals surface area contributed by atoms with Gasteiger partial charge in [-0.25, -0.2) is 0 Å². The fourth-order valence-electron chi connectivity index (χ4n) is 3.15. The third-order valence-electron chi connectivity index (χ3n) is 5.08. The van der Waals surface area contributed by atoms with Crippen LogP contribution in [0.5, 0.6) is 0 Å². The highest BCUT2D eigenvalue weighted by Crippen LogP contribution is 2.57. The van der Waals surface area contributed by atoms with Crippen LogP contribution in [0.3, 0.4) is 0 Å². The van der Waals surface area contributed by atoms with E-state index < -0.39 is 28.9 Å². The Morgan fingerprint density at radius 1 is 0.880 bits per heavy atom. The minimum atomic E-state index is -5.52. The van der Waals surface area contributed by atoms with Crippen LogP contribution in [-0.4, -0.2) is 12.4 Å². The molecule has 0 unspecified atom stereocenters. The summed E-state index contributed by atoms with van der Waals surface area (Å²) in [5.41, 5.74) is -4.02. The van der Waals surface area contributed by atoms with Crippen molar-refractivity contribution in [2.24, 2.45) is 5.92 Å². The lowest BCUT2D eigenvalue weighted by molar-refractivity contribution is -0.289. The molecule has 0 nitrogen and oxygen atoms in total. The normalized spacial score (nSPS) is 19.5. The average molecular weight is 362 g/mol. The number of rotatable bonds is 2. The van der Waals surface area contributed by atoms with Crippen LogP contribution in [0, 0.1) is 19.8 Å². The molecule has 0 aromatic heterocycles. The third kappa shape index (κ3) is 3.11. The third-order valence-corrected chi connectivity index (χ3v) is 5.08. The molecule has 0 spiro atoms. The summed E-state index contributed by atoms with van der Waals surface area (Å²) in [5.74, 6) is -0.0809. The lowest BCUT2D eigenvalue weighted by Crippen LogP contribution is -2.55. The zero-order valence-electron chi connectivity index (χ0n) is 14.4. The Kier molecular flexibility index (Phi) is 4.88. The van der Waals surface area contributed by atoms with E-state index in [-0.39, 0.29) is 12.3 Å². The van der Waals surface area contributed by atoms with Crippen molar-refractivity contribution in [3.05, 3.63) is 58.2 Å². The molecule has 0 heterocycles. The molecule has 1 aromatic carbocycles. The minimum Gasteiger partial charge on any atom is -0.169 e. The minimum absolute atomic E-state index is 0.0809. The van der Waals surface area contributed by atoms with Gasteiger partial charge in [-0.1, -0.05) is 42.8 Å². The highest BCUT2D eigenvalue weighted by molar-refractivity contribution is 5.50. The van der Waals surface area contributed by atoms with Crippen molar-refractivity contribution in [2.75, 3.05) is 0 Å². The van der Waals surface area contributed by atoms with Gasteiger partial charge in [0.1, 0.15) is 0 Å². The molecule has 6 heteroatoms. The second-order valence-electron chi connectivity index (χ2n) is 6.73. The Balaban J connectivity index is 2.86. The van der Waals surface area contributed by atoms with Crippen LogP contribution in [0.1, 0.15) is 37.0 Å². The smallest absolute Gasteiger partial charge is 0.169 e. The van der Waals surface area contributed by atoms with E-state index in [1.165, 1.54) is 13.0 Å². The summed E-state index contributed by atoms with van der Waals surface area (Å²) in [6.45, 7) is 6.50. The molecule has 138 valence electrons. The van der Waals surface area contributed by atoms with Crippen molar-refractivity contribution >= 4 is 0 Å². The lowest BCUT2D eigenvalue weighted by atomic mass is 9.69. The van der Waals surface area contributed by atoms with Crippen LogP contribution < -0.4 is 0 Å². The number of hydrogen-bond donors (Lipinski definition) is 0. The van der Waals surface area contributed by atoms with Gasteiger partial charge in [-0.05, 0) is 55.4 Å². The quantitative estimate of drug-likeness (QED) is 0.522. The van der Waals surface area contributed by atoms with Crippen LogP contribution in [0.25, 0.3) is 0 Å². The molecular formula is C19H20F6. The first-order valence-corrected chi connectivity index (χ1v) is 7.92. The van der Waals surface area contributed by atoms with Gasteiger partial charge < -0.3 is 0 Å². The van der Waals surface area contributed by atoms with Gasteiger partial charge in [-0.2, -0.15) is 26.3 Å². The van der Waals surface area contributed by atoms with Crippen molar-refractivity contribution in [3.63, 3.8) is 0 Å². The van der Waals surface area contributed by atoms with Gasteiger partial charge in [0.2, 0.25) is 5.41 Å². The average Bonchev–Trinajstić information content (AvgIpc) is 2.44. The summed E-state index contributed by atoms with van der Waals surface area (Å²) in [6.07, 6.45) is -8.76. The van der Waals surface area contributed by atoms with Gasteiger partial charge in [0.15, 0.2) is 0 Å². The van der Waals surface area contributed by atoms with E-state index in [0.29, 0.717) is 16.7 Å². The molecular weight excluding hydrogens is 342 g/mol. The molecule has 0 amide bonds. The highest BCUT2D eigenvalue weighted by atomic mass is 19.4. The van der Waals surface area contributed by atoms with E-state index in [9.17, 15) is 26.3 Å². The molecule has 1 aliphatic rings. The van der Waals surface area contributed by atoms with Crippen molar-refractivity contribution in [3.8, 4) is 0 Å². The molecule has 0 saturated heterocycles. The molecule has 1 aromatic rings. The van der Waals surface area contributed by atoms with Gasteiger partial charge in [-0.3, -0.25) is 0 Å². The number of benzene rings is 1. The maximum absolute atomic E-state index is 14.0. The molecule has 0 radical (unpaired) electrons. The second kappa shape index (κ2) is 6.22. The first kappa shape index (κ1) is 19.6. The number of hydrogen-bond acceptors (Lipinski definition) is 0. The van der Waals surface area contributed by atoms with Crippen LogP contribution in [0.2, 0.25) is 0 Å². The van der Waals surface area contributed by atoms with Crippen molar-refractivity contribution in [1.29, 1.82) is 0 Å². The fraction of sp³-hybridized carbons (Fsp3) is 0.474. The lowest BCUT2D eigenvalue weighted by Gasteiger charge is -2.40. The molecule has 0 saturated carbocycles.